The van der Waals surface area contributed by atoms with Gasteiger partial charge in [-0.2, -0.15) is 0 Å². The number of para-hydroxylation sites is 2. The lowest BCUT2D eigenvalue weighted by atomic mass is 10.1. The average Bonchev–Trinajstić information content (AvgIpc) is 2.64. The zero-order valence-corrected chi connectivity index (χ0v) is 11.8. The van der Waals surface area contributed by atoms with Crippen LogP contribution >= 0.6 is 0 Å². The smallest absolute Gasteiger partial charge is 0.111 e. The molecule has 1 heterocycles. The number of hydrogen-bond acceptors (Lipinski definition) is 2. The summed E-state index contributed by atoms with van der Waals surface area (Å²) in [5, 5.41) is 3.51. The van der Waals surface area contributed by atoms with Crippen LogP contribution < -0.4 is 5.32 Å². The summed E-state index contributed by atoms with van der Waals surface area (Å²) in [6, 6.07) is 8.36. The third-order valence-electron chi connectivity index (χ3n) is 3.05. The van der Waals surface area contributed by atoms with Gasteiger partial charge in [-0.1, -0.05) is 12.1 Å². The van der Waals surface area contributed by atoms with Crippen molar-refractivity contribution in [2.45, 2.75) is 46.2 Å². The first-order valence-electron chi connectivity index (χ1n) is 6.70. The highest BCUT2D eigenvalue weighted by molar-refractivity contribution is 5.75. The van der Waals surface area contributed by atoms with Crippen LogP contribution in [0, 0.1) is 0 Å². The Hall–Kier alpha value is -1.35. The number of nitrogens with zero attached hydrogens (tertiary/aromatic N) is 2. The van der Waals surface area contributed by atoms with Crippen molar-refractivity contribution in [2.75, 3.05) is 6.54 Å². The number of imidazole rings is 1. The van der Waals surface area contributed by atoms with E-state index in [1.165, 1.54) is 11.3 Å². The molecule has 0 aliphatic rings. The number of aryl methyl sites for hydroxylation is 1. The third kappa shape index (κ3) is 2.91. The van der Waals surface area contributed by atoms with Gasteiger partial charge in [0.15, 0.2) is 0 Å². The lowest BCUT2D eigenvalue weighted by Crippen LogP contribution is -2.37. The summed E-state index contributed by atoms with van der Waals surface area (Å²) in [5.74, 6) is 1.18. The Labute approximate surface area is 109 Å². The maximum atomic E-state index is 4.73. The lowest BCUT2D eigenvalue weighted by Gasteiger charge is -2.20. The SMILES string of the molecule is CCn1c(CCNC(C)(C)C)nc2ccccc21. The predicted molar refractivity (Wildman–Crippen MR) is 76.9 cm³/mol. The monoisotopic (exact) mass is 245 g/mol. The van der Waals surface area contributed by atoms with Crippen molar-refractivity contribution in [3.05, 3.63) is 30.1 Å². The molecule has 0 unspecified atom stereocenters. The molecule has 1 aromatic heterocycles. The molecule has 0 fully saturated rings. The van der Waals surface area contributed by atoms with E-state index in [2.05, 4.69) is 55.8 Å². The van der Waals surface area contributed by atoms with Crippen molar-refractivity contribution in [1.29, 1.82) is 0 Å². The molecule has 1 N–H and O–H groups in total. The van der Waals surface area contributed by atoms with Gasteiger partial charge in [-0.25, -0.2) is 4.98 Å². The minimum absolute atomic E-state index is 0.170. The van der Waals surface area contributed by atoms with E-state index in [0.29, 0.717) is 0 Å². The normalized spacial score (nSPS) is 12.2. The summed E-state index contributed by atoms with van der Waals surface area (Å²) in [5.41, 5.74) is 2.51. The first-order chi connectivity index (χ1) is 8.51. The molecule has 0 spiro atoms. The number of nitrogens with one attached hydrogen (secondary N) is 1. The fourth-order valence-corrected chi connectivity index (χ4v) is 2.22. The summed E-state index contributed by atoms with van der Waals surface area (Å²) in [6.45, 7) is 10.7. The van der Waals surface area contributed by atoms with Crippen LogP contribution in [0.4, 0.5) is 0 Å². The Morgan fingerprint density at radius 2 is 1.94 bits per heavy atom. The third-order valence-corrected chi connectivity index (χ3v) is 3.05. The maximum absolute atomic E-state index is 4.73. The Morgan fingerprint density at radius 1 is 1.22 bits per heavy atom. The van der Waals surface area contributed by atoms with Gasteiger partial charge < -0.3 is 9.88 Å². The van der Waals surface area contributed by atoms with E-state index in [1.54, 1.807) is 0 Å². The predicted octanol–water partition coefficient (Wildman–Crippen LogP) is 2.99. The molecule has 98 valence electrons. The van der Waals surface area contributed by atoms with Gasteiger partial charge in [0.25, 0.3) is 0 Å². The van der Waals surface area contributed by atoms with Gasteiger partial charge in [0.2, 0.25) is 0 Å². The Bertz CT molecular complexity index is 520. The molecule has 0 amide bonds. The second-order valence-corrected chi connectivity index (χ2v) is 5.69. The molecule has 0 bridgehead atoms. The van der Waals surface area contributed by atoms with Gasteiger partial charge in [-0.05, 0) is 39.8 Å². The van der Waals surface area contributed by atoms with E-state index in [9.17, 15) is 0 Å². The molecule has 3 nitrogen and oxygen atoms in total. The molecule has 0 aliphatic heterocycles. The second-order valence-electron chi connectivity index (χ2n) is 5.69. The summed E-state index contributed by atoms with van der Waals surface area (Å²) >= 11 is 0. The van der Waals surface area contributed by atoms with E-state index in [-0.39, 0.29) is 5.54 Å². The van der Waals surface area contributed by atoms with E-state index in [1.807, 2.05) is 6.07 Å². The van der Waals surface area contributed by atoms with Gasteiger partial charge in [0.05, 0.1) is 11.0 Å². The maximum Gasteiger partial charge on any atom is 0.111 e. The van der Waals surface area contributed by atoms with Gasteiger partial charge in [-0.15, -0.1) is 0 Å². The molecule has 0 saturated heterocycles. The number of fused-ring (bicyclic) bond motifs is 1. The quantitative estimate of drug-likeness (QED) is 0.897. The first kappa shape index (κ1) is 13.1. The van der Waals surface area contributed by atoms with Crippen molar-refractivity contribution < 1.29 is 0 Å². The highest BCUT2D eigenvalue weighted by Crippen LogP contribution is 2.16. The average molecular weight is 245 g/mol. The molecular formula is C15H23N3. The first-order valence-corrected chi connectivity index (χ1v) is 6.70. The van der Waals surface area contributed by atoms with Crippen molar-refractivity contribution in [3.63, 3.8) is 0 Å². The molecule has 2 aromatic rings. The minimum atomic E-state index is 0.170. The minimum Gasteiger partial charge on any atom is -0.328 e. The summed E-state index contributed by atoms with van der Waals surface area (Å²) in [4.78, 5) is 4.73. The van der Waals surface area contributed by atoms with Crippen LogP contribution in [0.5, 0.6) is 0 Å². The summed E-state index contributed by atoms with van der Waals surface area (Å²) in [7, 11) is 0. The molecule has 3 heteroatoms. The highest BCUT2D eigenvalue weighted by atomic mass is 15.1. The number of rotatable bonds is 4. The van der Waals surface area contributed by atoms with Gasteiger partial charge in [0.1, 0.15) is 5.82 Å². The molecule has 1 aromatic carbocycles. The molecule has 0 saturated carbocycles. The lowest BCUT2D eigenvalue weighted by molar-refractivity contribution is 0.425. The van der Waals surface area contributed by atoms with Gasteiger partial charge in [-0.3, -0.25) is 0 Å². The van der Waals surface area contributed by atoms with Crippen LogP contribution in [-0.4, -0.2) is 21.6 Å². The summed E-state index contributed by atoms with van der Waals surface area (Å²) < 4.78 is 2.31. The molecule has 0 radical (unpaired) electrons. The fourth-order valence-electron chi connectivity index (χ4n) is 2.22. The molecule has 0 atom stereocenters. The van der Waals surface area contributed by atoms with Crippen LogP contribution in [0.25, 0.3) is 11.0 Å². The van der Waals surface area contributed by atoms with Crippen LogP contribution in [0.2, 0.25) is 0 Å². The van der Waals surface area contributed by atoms with Crippen molar-refractivity contribution in [3.8, 4) is 0 Å². The molecule has 2 rings (SSSR count). The van der Waals surface area contributed by atoms with E-state index < -0.39 is 0 Å². The molecule has 18 heavy (non-hydrogen) atoms. The van der Waals surface area contributed by atoms with Gasteiger partial charge in [0, 0.05) is 25.0 Å². The van der Waals surface area contributed by atoms with Crippen LogP contribution in [0.15, 0.2) is 24.3 Å². The van der Waals surface area contributed by atoms with Crippen LogP contribution in [0.3, 0.4) is 0 Å². The van der Waals surface area contributed by atoms with E-state index >= 15 is 0 Å². The molecule has 0 aliphatic carbocycles. The van der Waals surface area contributed by atoms with Crippen LogP contribution in [0.1, 0.15) is 33.5 Å². The Balaban J connectivity index is 2.17. The summed E-state index contributed by atoms with van der Waals surface area (Å²) in [6.07, 6.45) is 0.972. The number of benzene rings is 1. The largest absolute Gasteiger partial charge is 0.328 e. The fraction of sp³-hybridized carbons (Fsp3) is 0.533. The second kappa shape index (κ2) is 5.11. The van der Waals surface area contributed by atoms with Gasteiger partial charge >= 0.3 is 0 Å². The Kier molecular flexibility index (Phi) is 3.71. The highest BCUT2D eigenvalue weighted by Gasteiger charge is 2.11. The zero-order valence-electron chi connectivity index (χ0n) is 11.8. The van der Waals surface area contributed by atoms with Crippen molar-refractivity contribution in [2.24, 2.45) is 0 Å². The topological polar surface area (TPSA) is 29.9 Å². The van der Waals surface area contributed by atoms with Crippen molar-refractivity contribution >= 4 is 11.0 Å². The van der Waals surface area contributed by atoms with E-state index in [0.717, 1.165) is 25.0 Å². The van der Waals surface area contributed by atoms with E-state index in [4.69, 9.17) is 4.98 Å². The number of hydrogen-bond donors (Lipinski definition) is 1. The molecular weight excluding hydrogens is 222 g/mol. The zero-order chi connectivity index (χ0) is 13.2. The van der Waals surface area contributed by atoms with Crippen molar-refractivity contribution in [1.82, 2.24) is 14.9 Å². The standard InChI is InChI=1S/C15H23N3/c1-5-18-13-9-7-6-8-12(13)17-14(18)10-11-16-15(2,3)4/h6-9,16H,5,10-11H2,1-4H3. The number of aromatic nitrogens is 2. The van der Waals surface area contributed by atoms with Crippen LogP contribution in [-0.2, 0) is 13.0 Å². The Morgan fingerprint density at radius 3 is 2.61 bits per heavy atom.